The van der Waals surface area contributed by atoms with Gasteiger partial charge in [-0.05, 0) is 19.4 Å². The van der Waals surface area contributed by atoms with Crippen LogP contribution in [0.25, 0.3) is 0 Å². The lowest BCUT2D eigenvalue weighted by Crippen LogP contribution is -2.48. The number of phosphoric ester groups is 1. The van der Waals surface area contributed by atoms with E-state index >= 15 is 0 Å². The van der Waals surface area contributed by atoms with E-state index in [4.69, 9.17) is 25.2 Å². The molecule has 5 atom stereocenters. The molecule has 0 aromatic carbocycles. The van der Waals surface area contributed by atoms with Crippen molar-refractivity contribution in [2.24, 2.45) is 0 Å². The molecular formula is C11H21FN3O13P3. The maximum atomic E-state index is 14.0. The monoisotopic (exact) mass is 515 g/mol. The first-order valence-electron chi connectivity index (χ1n) is 8.05. The Hall–Kier alpha value is -1.06. The highest BCUT2D eigenvalue weighted by molar-refractivity contribution is 7.66. The van der Waals surface area contributed by atoms with Crippen molar-refractivity contribution in [3.8, 4) is 0 Å². The Kier molecular flexibility index (Phi) is 9.25. The number of nitrogen functional groups attached to an aromatic ring is 1. The number of aromatic nitrogens is 2. The Morgan fingerprint density at radius 1 is 1.23 bits per heavy atom. The molecule has 0 bridgehead atoms. The molecule has 0 aliphatic carbocycles. The fourth-order valence-corrected chi connectivity index (χ4v) is 5.18. The Labute approximate surface area is 173 Å². The lowest BCUT2D eigenvalue weighted by molar-refractivity contribution is -0.225. The molecule has 0 aliphatic heterocycles. The Bertz CT molecular complexity index is 968. The van der Waals surface area contributed by atoms with E-state index in [2.05, 4.69) is 18.1 Å². The molecule has 0 saturated carbocycles. The number of nitrogens with two attached hydrogens (primary N) is 1. The van der Waals surface area contributed by atoms with Crippen LogP contribution >= 0.6 is 23.5 Å². The number of hydrogen-bond donors (Lipinski definition) is 6. The average molecular weight is 515 g/mol. The van der Waals surface area contributed by atoms with Gasteiger partial charge >= 0.3 is 29.2 Å². The van der Waals surface area contributed by atoms with Gasteiger partial charge in [-0.25, -0.2) is 22.9 Å². The summed E-state index contributed by atoms with van der Waals surface area (Å²) >= 11 is 0. The standard InChI is InChI=1S/C11H21FN3O13P3/c1-3-11(9(12)16,26-7(2)15-5-4-8(13)14-10(15)17)6-25-30(21,22)28-31(23,24)27-29(18,19)20/h4-5,7,9,16H,3,6H2,1-2H3,(H,21,22)(H,23,24)(H2,13,14,17)(H2,18,19,20)/t7-,9-,11?/m1/s1. The highest BCUT2D eigenvalue weighted by atomic mass is 31.3. The highest BCUT2D eigenvalue weighted by Crippen LogP contribution is 2.66. The number of phosphoric acid groups is 3. The highest BCUT2D eigenvalue weighted by Gasteiger charge is 2.46. The Morgan fingerprint density at radius 3 is 2.26 bits per heavy atom. The van der Waals surface area contributed by atoms with Crippen LogP contribution in [-0.4, -0.2) is 52.8 Å². The summed E-state index contributed by atoms with van der Waals surface area (Å²) in [5.74, 6) is -0.117. The number of rotatable bonds is 12. The lowest BCUT2D eigenvalue weighted by atomic mass is 10.0. The molecule has 7 N–H and O–H groups in total. The molecule has 0 spiro atoms. The van der Waals surface area contributed by atoms with E-state index in [1.54, 1.807) is 0 Å². The van der Waals surface area contributed by atoms with Crippen LogP contribution in [0.2, 0.25) is 0 Å². The van der Waals surface area contributed by atoms with Crippen LogP contribution in [0.5, 0.6) is 0 Å². The summed E-state index contributed by atoms with van der Waals surface area (Å²) in [6.45, 7) is 1.21. The van der Waals surface area contributed by atoms with Gasteiger partial charge in [0.05, 0.1) is 6.61 Å². The average Bonchev–Trinajstić information content (AvgIpc) is 2.54. The largest absolute Gasteiger partial charge is 0.490 e. The molecule has 0 fully saturated rings. The number of ether oxygens (including phenoxy) is 1. The fraction of sp³-hybridized carbons (Fsp3) is 0.636. The number of aliphatic hydroxyl groups is 1. The van der Waals surface area contributed by atoms with Crippen molar-refractivity contribution in [3.63, 3.8) is 0 Å². The summed E-state index contributed by atoms with van der Waals surface area (Å²) in [5.41, 5.74) is 2.04. The van der Waals surface area contributed by atoms with Crippen LogP contribution in [0, 0.1) is 0 Å². The number of anilines is 1. The van der Waals surface area contributed by atoms with Gasteiger partial charge in [-0.15, -0.1) is 0 Å². The van der Waals surface area contributed by atoms with Crippen LogP contribution in [0.15, 0.2) is 17.1 Å². The first-order chi connectivity index (χ1) is 13.9. The summed E-state index contributed by atoms with van der Waals surface area (Å²) in [6.07, 6.45) is -3.48. The molecule has 16 nitrogen and oxygen atoms in total. The maximum absolute atomic E-state index is 14.0. The lowest BCUT2D eigenvalue weighted by Gasteiger charge is -2.36. The van der Waals surface area contributed by atoms with E-state index in [1.807, 2.05) is 0 Å². The minimum absolute atomic E-state index is 0.117. The van der Waals surface area contributed by atoms with Crippen LogP contribution < -0.4 is 11.4 Å². The van der Waals surface area contributed by atoms with Crippen LogP contribution in [0.3, 0.4) is 0 Å². The number of hydrogen-bond acceptors (Lipinski definition) is 11. The predicted octanol–water partition coefficient (Wildman–Crippen LogP) is 0.141. The quantitative estimate of drug-likeness (QED) is 0.203. The second-order valence-corrected chi connectivity index (χ2v) is 10.3. The molecule has 31 heavy (non-hydrogen) atoms. The third-order valence-electron chi connectivity index (χ3n) is 3.57. The summed E-state index contributed by atoms with van der Waals surface area (Å²) < 4.78 is 65.4. The molecule has 1 heterocycles. The summed E-state index contributed by atoms with van der Waals surface area (Å²) in [7, 11) is -17.0. The molecule has 0 saturated heterocycles. The van der Waals surface area contributed by atoms with E-state index in [0.717, 1.165) is 10.8 Å². The molecule has 1 rings (SSSR count). The molecule has 20 heteroatoms. The first-order valence-corrected chi connectivity index (χ1v) is 12.6. The van der Waals surface area contributed by atoms with Gasteiger partial charge in [-0.3, -0.25) is 9.09 Å². The van der Waals surface area contributed by atoms with Crippen molar-refractivity contribution in [2.75, 3.05) is 12.3 Å². The van der Waals surface area contributed by atoms with Crippen molar-refractivity contribution in [3.05, 3.63) is 22.7 Å². The van der Waals surface area contributed by atoms with Gasteiger partial charge < -0.3 is 35.2 Å². The summed E-state index contributed by atoms with van der Waals surface area (Å²) in [6, 6.07) is 1.22. The first kappa shape index (κ1) is 28.0. The Balaban J connectivity index is 3.04. The zero-order valence-electron chi connectivity index (χ0n) is 15.9. The smallest absolute Gasteiger partial charge is 0.383 e. The predicted molar refractivity (Wildman–Crippen MR) is 98.7 cm³/mol. The van der Waals surface area contributed by atoms with Crippen molar-refractivity contribution >= 4 is 29.3 Å². The van der Waals surface area contributed by atoms with E-state index in [-0.39, 0.29) is 5.82 Å². The third-order valence-corrected chi connectivity index (χ3v) is 7.35. The van der Waals surface area contributed by atoms with Gasteiger partial charge in [0.1, 0.15) is 17.6 Å². The molecule has 0 radical (unpaired) electrons. The zero-order chi connectivity index (χ0) is 24.3. The van der Waals surface area contributed by atoms with E-state index in [9.17, 15) is 32.9 Å². The number of nitrogens with zero attached hydrogens (tertiary/aromatic N) is 2. The van der Waals surface area contributed by atoms with E-state index in [1.165, 1.54) is 19.9 Å². The van der Waals surface area contributed by atoms with Crippen LogP contribution in [-0.2, 0) is 31.6 Å². The van der Waals surface area contributed by atoms with Crippen molar-refractivity contribution in [1.29, 1.82) is 0 Å². The maximum Gasteiger partial charge on any atom is 0.490 e. The molecule has 0 amide bonds. The SMILES string of the molecule is CCC(COP(=O)(O)OP(=O)(O)OP(=O)(O)O)(O[C@H](C)n1ccc(N)nc1=O)[C@@H](O)F. The van der Waals surface area contributed by atoms with Crippen molar-refractivity contribution in [1.82, 2.24) is 9.55 Å². The second kappa shape index (κ2) is 10.3. The zero-order valence-corrected chi connectivity index (χ0v) is 18.6. The molecular weight excluding hydrogens is 494 g/mol. The number of alkyl halides is 1. The van der Waals surface area contributed by atoms with Gasteiger partial charge in [0.2, 0.25) is 6.36 Å². The minimum atomic E-state index is -5.80. The third kappa shape index (κ3) is 8.77. The molecule has 3 unspecified atom stereocenters. The summed E-state index contributed by atoms with van der Waals surface area (Å²) in [4.78, 5) is 50.9. The topological polar surface area (TPSA) is 250 Å². The number of halogens is 1. The van der Waals surface area contributed by atoms with Crippen molar-refractivity contribution < 1.29 is 60.6 Å². The van der Waals surface area contributed by atoms with Crippen molar-refractivity contribution in [2.45, 2.75) is 38.5 Å². The second-order valence-electron chi connectivity index (χ2n) is 5.88. The summed E-state index contributed by atoms with van der Waals surface area (Å²) in [5, 5.41) is 9.52. The Morgan fingerprint density at radius 2 is 1.81 bits per heavy atom. The minimum Gasteiger partial charge on any atom is -0.383 e. The van der Waals surface area contributed by atoms with Gasteiger partial charge in [0.15, 0.2) is 0 Å². The van der Waals surface area contributed by atoms with E-state index < -0.39 is 60.4 Å². The number of aliphatic hydroxyl groups excluding tert-OH is 1. The molecule has 180 valence electrons. The van der Waals surface area contributed by atoms with E-state index in [0.29, 0.717) is 0 Å². The fourth-order valence-electron chi connectivity index (χ4n) is 2.11. The molecule has 1 aromatic heterocycles. The molecule has 1 aromatic rings. The molecule has 0 aliphatic rings. The normalized spacial score (nSPS) is 20.3. The van der Waals surface area contributed by atoms with Crippen LogP contribution in [0.4, 0.5) is 10.2 Å². The van der Waals surface area contributed by atoms with Gasteiger partial charge in [0, 0.05) is 6.20 Å². The van der Waals surface area contributed by atoms with Crippen LogP contribution in [0.1, 0.15) is 26.5 Å². The van der Waals surface area contributed by atoms with Gasteiger partial charge in [0.25, 0.3) is 0 Å². The van der Waals surface area contributed by atoms with Gasteiger partial charge in [-0.2, -0.15) is 13.6 Å². The van der Waals surface area contributed by atoms with Gasteiger partial charge in [-0.1, -0.05) is 6.92 Å².